The molecule has 0 spiro atoms. The van der Waals surface area contributed by atoms with E-state index in [1.807, 2.05) is 18.2 Å². The molecule has 0 radical (unpaired) electrons. The Morgan fingerprint density at radius 3 is 2.59 bits per heavy atom. The van der Waals surface area contributed by atoms with Crippen molar-refractivity contribution < 1.29 is 19.0 Å². The molecular weight excluding hydrogens is 437 g/mol. The van der Waals surface area contributed by atoms with Gasteiger partial charge in [0, 0.05) is 17.7 Å². The summed E-state index contributed by atoms with van der Waals surface area (Å²) in [6.45, 7) is 0. The fraction of sp³-hybridized carbons (Fsp3) is 0.200. The van der Waals surface area contributed by atoms with Crippen LogP contribution in [-0.4, -0.2) is 30.8 Å². The number of aromatic nitrogens is 4. The minimum atomic E-state index is -0.934. The summed E-state index contributed by atoms with van der Waals surface area (Å²) in [6.07, 6.45) is 5.34. The van der Waals surface area contributed by atoms with Gasteiger partial charge in [-0.05, 0) is 49.9 Å². The lowest BCUT2D eigenvalue weighted by atomic mass is 9.90. The first-order valence-corrected chi connectivity index (χ1v) is 10.9. The van der Waals surface area contributed by atoms with E-state index >= 15 is 4.39 Å². The van der Waals surface area contributed by atoms with E-state index in [-0.39, 0.29) is 17.4 Å². The molecule has 2 aromatic heterocycles. The van der Waals surface area contributed by atoms with Crippen LogP contribution < -0.4 is 10.5 Å². The minimum Gasteiger partial charge on any atom is -0.478 e. The summed E-state index contributed by atoms with van der Waals surface area (Å²) in [5.41, 5.74) is 8.23. The zero-order chi connectivity index (χ0) is 23.7. The normalized spacial score (nSPS) is 15.9. The number of allylic oxidation sites excluding steroid dienone is 1. The van der Waals surface area contributed by atoms with Gasteiger partial charge in [0.1, 0.15) is 35.2 Å². The first-order chi connectivity index (χ1) is 16.5. The molecule has 4 aromatic rings. The van der Waals surface area contributed by atoms with Crippen molar-refractivity contribution in [1.29, 1.82) is 0 Å². The van der Waals surface area contributed by atoms with Crippen LogP contribution in [0.4, 0.5) is 10.2 Å². The van der Waals surface area contributed by atoms with E-state index in [0.29, 0.717) is 53.9 Å². The molecule has 9 heteroatoms. The van der Waals surface area contributed by atoms with E-state index < -0.39 is 11.8 Å². The van der Waals surface area contributed by atoms with Gasteiger partial charge in [0.2, 0.25) is 0 Å². The molecule has 3 N–H and O–H groups in total. The number of benzene rings is 2. The van der Waals surface area contributed by atoms with Crippen LogP contribution >= 0.6 is 0 Å². The standard InChI is InChI=1S/C25H22FN5O3/c26-20-13-18(34-17-4-2-1-3-5-17)10-11-19(20)23-22-24(27)28-14-29-25(22)31(30-23)16-8-6-15(7-9-16)12-21(32)33/h1-5,10-14,16H,6-9H2,(H,32,33)(H2,27,28,29). The van der Waals surface area contributed by atoms with E-state index in [9.17, 15) is 4.79 Å². The number of ether oxygens (including phenoxy) is 1. The SMILES string of the molecule is Nc1ncnc2c1c(-c1ccc(Oc3ccccc3)cc1F)nn2C1CCC(=CC(=O)O)CC1. The first kappa shape index (κ1) is 21.6. The number of nitrogen functional groups attached to an aromatic ring is 1. The van der Waals surface area contributed by atoms with Crippen molar-refractivity contribution in [2.24, 2.45) is 0 Å². The zero-order valence-corrected chi connectivity index (χ0v) is 18.2. The number of hydrogen-bond donors (Lipinski definition) is 2. The Labute approximate surface area is 194 Å². The summed E-state index contributed by atoms with van der Waals surface area (Å²) in [5.74, 6) is -0.242. The Kier molecular flexibility index (Phi) is 5.67. The molecular formula is C25H22FN5O3. The lowest BCUT2D eigenvalue weighted by molar-refractivity contribution is -0.131. The summed E-state index contributed by atoms with van der Waals surface area (Å²) in [6, 6.07) is 13.7. The number of nitrogens with zero attached hydrogens (tertiary/aromatic N) is 4. The quantitative estimate of drug-likeness (QED) is 0.397. The fourth-order valence-corrected chi connectivity index (χ4v) is 4.35. The molecule has 0 unspecified atom stereocenters. The minimum absolute atomic E-state index is 0.0137. The Bertz CT molecular complexity index is 1390. The Morgan fingerprint density at radius 2 is 1.88 bits per heavy atom. The van der Waals surface area contributed by atoms with Crippen LogP contribution in [0.5, 0.6) is 11.5 Å². The highest BCUT2D eigenvalue weighted by molar-refractivity contribution is 5.98. The maximum absolute atomic E-state index is 15.2. The number of carboxylic acids is 1. The second-order valence-electron chi connectivity index (χ2n) is 8.18. The number of para-hydroxylation sites is 1. The van der Waals surface area contributed by atoms with Gasteiger partial charge in [-0.1, -0.05) is 23.8 Å². The number of fused-ring (bicyclic) bond motifs is 1. The fourth-order valence-electron chi connectivity index (χ4n) is 4.35. The molecule has 34 heavy (non-hydrogen) atoms. The van der Waals surface area contributed by atoms with Crippen LogP contribution in [-0.2, 0) is 4.79 Å². The molecule has 0 bridgehead atoms. The van der Waals surface area contributed by atoms with Gasteiger partial charge >= 0.3 is 5.97 Å². The molecule has 1 aliphatic carbocycles. The van der Waals surface area contributed by atoms with Crippen molar-refractivity contribution in [3.05, 3.63) is 72.3 Å². The van der Waals surface area contributed by atoms with Crippen molar-refractivity contribution in [1.82, 2.24) is 19.7 Å². The maximum Gasteiger partial charge on any atom is 0.328 e. The third kappa shape index (κ3) is 4.19. The number of anilines is 1. The van der Waals surface area contributed by atoms with Crippen molar-refractivity contribution in [2.45, 2.75) is 31.7 Å². The van der Waals surface area contributed by atoms with Gasteiger partial charge in [-0.25, -0.2) is 23.8 Å². The number of aliphatic carboxylic acids is 1. The number of hydrogen-bond acceptors (Lipinski definition) is 6. The molecule has 1 aliphatic rings. The maximum atomic E-state index is 15.2. The monoisotopic (exact) mass is 459 g/mol. The molecule has 0 saturated heterocycles. The van der Waals surface area contributed by atoms with Gasteiger partial charge in [-0.3, -0.25) is 0 Å². The number of carboxylic acid groups (broad SMARTS) is 1. The molecule has 2 heterocycles. The van der Waals surface area contributed by atoms with Gasteiger partial charge in [-0.15, -0.1) is 0 Å². The van der Waals surface area contributed by atoms with Crippen LogP contribution in [0.3, 0.4) is 0 Å². The van der Waals surface area contributed by atoms with Gasteiger partial charge in [-0.2, -0.15) is 5.10 Å². The van der Waals surface area contributed by atoms with E-state index in [1.54, 1.807) is 28.9 Å². The second kappa shape index (κ2) is 8.93. The predicted octanol–water partition coefficient (Wildman–Crippen LogP) is 5.13. The third-order valence-electron chi connectivity index (χ3n) is 5.96. The molecule has 172 valence electrons. The highest BCUT2D eigenvalue weighted by atomic mass is 19.1. The van der Waals surface area contributed by atoms with Crippen molar-refractivity contribution in [2.75, 3.05) is 5.73 Å². The lowest BCUT2D eigenvalue weighted by Crippen LogP contribution is -2.16. The molecule has 0 aliphatic heterocycles. The lowest BCUT2D eigenvalue weighted by Gasteiger charge is -2.24. The third-order valence-corrected chi connectivity index (χ3v) is 5.96. The molecule has 0 amide bonds. The number of halogens is 1. The molecule has 5 rings (SSSR count). The van der Waals surface area contributed by atoms with Crippen LogP contribution in [0.2, 0.25) is 0 Å². The average Bonchev–Trinajstić information content (AvgIpc) is 3.21. The zero-order valence-electron chi connectivity index (χ0n) is 18.2. The Balaban J connectivity index is 1.50. The summed E-state index contributed by atoms with van der Waals surface area (Å²) in [4.78, 5) is 19.5. The molecule has 8 nitrogen and oxygen atoms in total. The second-order valence-corrected chi connectivity index (χ2v) is 8.18. The largest absolute Gasteiger partial charge is 0.478 e. The Hall–Kier alpha value is -4.27. The van der Waals surface area contributed by atoms with Gasteiger partial charge < -0.3 is 15.6 Å². The Morgan fingerprint density at radius 1 is 1.12 bits per heavy atom. The molecule has 0 atom stereocenters. The van der Waals surface area contributed by atoms with Crippen LogP contribution in [0.25, 0.3) is 22.3 Å². The van der Waals surface area contributed by atoms with Crippen molar-refractivity contribution >= 4 is 22.8 Å². The summed E-state index contributed by atoms with van der Waals surface area (Å²) in [7, 11) is 0. The summed E-state index contributed by atoms with van der Waals surface area (Å²) >= 11 is 0. The van der Waals surface area contributed by atoms with Crippen molar-refractivity contribution in [3.63, 3.8) is 0 Å². The summed E-state index contributed by atoms with van der Waals surface area (Å²) in [5, 5.41) is 14.2. The molecule has 2 aromatic carbocycles. The van der Waals surface area contributed by atoms with E-state index in [0.717, 1.165) is 5.57 Å². The smallest absolute Gasteiger partial charge is 0.328 e. The topological polar surface area (TPSA) is 116 Å². The van der Waals surface area contributed by atoms with Gasteiger partial charge in [0.15, 0.2) is 5.65 Å². The predicted molar refractivity (Wildman–Crippen MR) is 125 cm³/mol. The highest BCUT2D eigenvalue weighted by Crippen LogP contribution is 2.38. The van der Waals surface area contributed by atoms with Crippen LogP contribution in [0.15, 0.2) is 66.5 Å². The van der Waals surface area contributed by atoms with Crippen LogP contribution in [0.1, 0.15) is 31.7 Å². The van der Waals surface area contributed by atoms with E-state index in [4.69, 9.17) is 20.7 Å². The van der Waals surface area contributed by atoms with Gasteiger partial charge in [0.25, 0.3) is 0 Å². The number of nitrogens with two attached hydrogens (primary N) is 1. The first-order valence-electron chi connectivity index (χ1n) is 10.9. The average molecular weight is 459 g/mol. The molecule has 1 saturated carbocycles. The molecule has 1 fully saturated rings. The van der Waals surface area contributed by atoms with Crippen LogP contribution in [0, 0.1) is 5.82 Å². The summed E-state index contributed by atoms with van der Waals surface area (Å²) < 4.78 is 22.8. The van der Waals surface area contributed by atoms with E-state index in [1.165, 1.54) is 18.5 Å². The van der Waals surface area contributed by atoms with Gasteiger partial charge in [0.05, 0.1) is 11.4 Å². The number of rotatable bonds is 5. The van der Waals surface area contributed by atoms with Crippen molar-refractivity contribution in [3.8, 4) is 22.8 Å². The number of carbonyl (C=O) groups is 1. The highest BCUT2D eigenvalue weighted by Gasteiger charge is 2.26. The van der Waals surface area contributed by atoms with E-state index in [2.05, 4.69) is 9.97 Å².